The molecule has 0 radical (unpaired) electrons. The van der Waals surface area contributed by atoms with E-state index in [1.807, 2.05) is 6.92 Å². The lowest BCUT2D eigenvalue weighted by Gasteiger charge is -2.44. The number of ether oxygens (including phenoxy) is 1. The maximum atomic E-state index is 10.3. The first-order valence-corrected chi connectivity index (χ1v) is 9.05. The van der Waals surface area contributed by atoms with Crippen LogP contribution < -0.4 is 0 Å². The number of rotatable bonds is 5. The van der Waals surface area contributed by atoms with Crippen molar-refractivity contribution >= 4 is 0 Å². The Hall–Kier alpha value is -0.160. The summed E-state index contributed by atoms with van der Waals surface area (Å²) >= 11 is 0. The largest absolute Gasteiger partial charge is 0.389 e. The summed E-state index contributed by atoms with van der Waals surface area (Å²) in [6, 6.07) is 0.968. The highest BCUT2D eigenvalue weighted by Gasteiger charge is 2.35. The molecule has 0 aromatic carbocycles. The van der Waals surface area contributed by atoms with Crippen molar-refractivity contribution in [1.29, 1.82) is 0 Å². The second-order valence-electron chi connectivity index (χ2n) is 8.35. The molecule has 0 aromatic heterocycles. The second-order valence-corrected chi connectivity index (χ2v) is 8.35. The van der Waals surface area contributed by atoms with E-state index < -0.39 is 5.60 Å². The summed E-state index contributed by atoms with van der Waals surface area (Å²) < 4.78 is 6.37. The lowest BCUT2D eigenvalue weighted by molar-refractivity contribution is -0.107. The number of β-amino-alcohol motifs (C(OH)–C–C–N with tert-alkyl or cyclic N) is 1. The third kappa shape index (κ3) is 4.92. The lowest BCUT2D eigenvalue weighted by atomic mass is 9.93. The molecule has 2 rings (SSSR count). The standard InChI is InChI=1S/C18H36N2O2/c1-15(2)19-10-7-9-18(5,14-19)22-12-16(3)20-11-6-8-17(4,21)13-20/h15-16,21H,6-14H2,1-5H3/t16?,17-,18+/m0/s1. The third-order valence-corrected chi connectivity index (χ3v) is 5.42. The van der Waals surface area contributed by atoms with Crippen molar-refractivity contribution in [1.82, 2.24) is 9.80 Å². The van der Waals surface area contributed by atoms with Gasteiger partial charge in [0.1, 0.15) is 0 Å². The maximum Gasteiger partial charge on any atom is 0.0782 e. The molecule has 22 heavy (non-hydrogen) atoms. The van der Waals surface area contributed by atoms with Crippen LogP contribution in [-0.4, -0.2) is 71.0 Å². The Balaban J connectivity index is 1.83. The molecular weight excluding hydrogens is 276 g/mol. The van der Waals surface area contributed by atoms with Crippen LogP contribution in [0.3, 0.4) is 0 Å². The molecule has 2 saturated heterocycles. The van der Waals surface area contributed by atoms with E-state index in [0.717, 1.165) is 45.5 Å². The number of hydrogen-bond donors (Lipinski definition) is 1. The number of nitrogens with zero attached hydrogens (tertiary/aromatic N) is 2. The minimum Gasteiger partial charge on any atom is -0.389 e. The van der Waals surface area contributed by atoms with Crippen LogP contribution >= 0.6 is 0 Å². The number of hydrogen-bond acceptors (Lipinski definition) is 4. The summed E-state index contributed by atoms with van der Waals surface area (Å²) in [5.41, 5.74) is -0.551. The number of likely N-dealkylation sites (tertiary alicyclic amines) is 2. The van der Waals surface area contributed by atoms with Gasteiger partial charge in [0.15, 0.2) is 0 Å². The number of aliphatic hydroxyl groups is 1. The van der Waals surface area contributed by atoms with E-state index in [1.54, 1.807) is 0 Å². The maximum absolute atomic E-state index is 10.3. The molecule has 2 aliphatic rings. The zero-order chi connectivity index (χ0) is 16.4. The summed E-state index contributed by atoms with van der Waals surface area (Å²) in [6.45, 7) is 15.8. The van der Waals surface area contributed by atoms with Crippen LogP contribution in [0.4, 0.5) is 0 Å². The molecule has 0 aliphatic carbocycles. The number of piperidine rings is 2. The predicted octanol–water partition coefficient (Wildman–Crippen LogP) is 2.50. The first kappa shape index (κ1) is 18.2. The van der Waals surface area contributed by atoms with Gasteiger partial charge >= 0.3 is 0 Å². The SMILES string of the molecule is CC(C)N1CCC[C@@](C)(OCC(C)N2CCC[C@](C)(O)C2)C1. The highest BCUT2D eigenvalue weighted by Crippen LogP contribution is 2.27. The van der Waals surface area contributed by atoms with Gasteiger partial charge in [0.05, 0.1) is 17.8 Å². The minimum atomic E-state index is -0.532. The molecule has 2 fully saturated rings. The fourth-order valence-electron chi connectivity index (χ4n) is 3.86. The molecule has 0 aromatic rings. The van der Waals surface area contributed by atoms with Gasteiger partial charge in [0.25, 0.3) is 0 Å². The molecule has 4 heteroatoms. The third-order valence-electron chi connectivity index (χ3n) is 5.42. The Morgan fingerprint density at radius 3 is 2.27 bits per heavy atom. The summed E-state index contributed by atoms with van der Waals surface area (Å²) in [5, 5.41) is 10.3. The summed E-state index contributed by atoms with van der Waals surface area (Å²) in [4.78, 5) is 4.91. The first-order chi connectivity index (χ1) is 10.2. The van der Waals surface area contributed by atoms with E-state index in [9.17, 15) is 5.11 Å². The zero-order valence-electron chi connectivity index (χ0n) is 15.3. The van der Waals surface area contributed by atoms with Gasteiger partial charge in [-0.1, -0.05) is 0 Å². The highest BCUT2D eigenvalue weighted by molar-refractivity contribution is 4.88. The quantitative estimate of drug-likeness (QED) is 0.846. The molecule has 130 valence electrons. The van der Waals surface area contributed by atoms with Crippen molar-refractivity contribution in [2.45, 2.75) is 83.6 Å². The van der Waals surface area contributed by atoms with E-state index in [0.29, 0.717) is 12.1 Å². The molecule has 0 bridgehead atoms. The smallest absolute Gasteiger partial charge is 0.0782 e. The summed E-state index contributed by atoms with van der Waals surface area (Å²) in [6.07, 6.45) is 4.37. The zero-order valence-corrected chi connectivity index (χ0v) is 15.3. The van der Waals surface area contributed by atoms with Gasteiger partial charge in [-0.2, -0.15) is 0 Å². The van der Waals surface area contributed by atoms with Crippen LogP contribution in [0, 0.1) is 0 Å². The fourth-order valence-corrected chi connectivity index (χ4v) is 3.86. The van der Waals surface area contributed by atoms with E-state index in [1.165, 1.54) is 13.0 Å². The Bertz CT molecular complexity index is 359. The predicted molar refractivity (Wildman–Crippen MR) is 91.2 cm³/mol. The van der Waals surface area contributed by atoms with Gasteiger partial charge in [0.2, 0.25) is 0 Å². The van der Waals surface area contributed by atoms with E-state index >= 15 is 0 Å². The van der Waals surface area contributed by atoms with Crippen LogP contribution in [-0.2, 0) is 4.74 Å². The topological polar surface area (TPSA) is 35.9 Å². The molecular formula is C18H36N2O2. The molecule has 1 N–H and O–H groups in total. The van der Waals surface area contributed by atoms with Crippen LogP contribution in [0.25, 0.3) is 0 Å². The first-order valence-electron chi connectivity index (χ1n) is 9.05. The van der Waals surface area contributed by atoms with Gasteiger partial charge in [-0.05, 0) is 73.4 Å². The lowest BCUT2D eigenvalue weighted by Crippen LogP contribution is -2.53. The summed E-state index contributed by atoms with van der Waals surface area (Å²) in [5.74, 6) is 0. The molecule has 0 saturated carbocycles. The van der Waals surface area contributed by atoms with Gasteiger partial charge < -0.3 is 9.84 Å². The van der Waals surface area contributed by atoms with Crippen molar-refractivity contribution in [3.05, 3.63) is 0 Å². The molecule has 2 heterocycles. The van der Waals surface area contributed by atoms with Crippen molar-refractivity contribution in [2.24, 2.45) is 0 Å². The van der Waals surface area contributed by atoms with E-state index in [4.69, 9.17) is 4.74 Å². The molecule has 2 aliphatic heterocycles. The van der Waals surface area contributed by atoms with Crippen molar-refractivity contribution in [3.8, 4) is 0 Å². The van der Waals surface area contributed by atoms with Gasteiger partial charge in [-0.15, -0.1) is 0 Å². The van der Waals surface area contributed by atoms with Gasteiger partial charge in [0, 0.05) is 25.2 Å². The fraction of sp³-hybridized carbons (Fsp3) is 1.00. The van der Waals surface area contributed by atoms with Crippen LogP contribution in [0.2, 0.25) is 0 Å². The molecule has 1 unspecified atom stereocenters. The van der Waals surface area contributed by atoms with Crippen molar-refractivity contribution in [3.63, 3.8) is 0 Å². The Labute approximate surface area is 136 Å². The molecule has 0 amide bonds. The van der Waals surface area contributed by atoms with E-state index in [2.05, 4.69) is 37.5 Å². The van der Waals surface area contributed by atoms with Crippen LogP contribution in [0.15, 0.2) is 0 Å². The monoisotopic (exact) mass is 312 g/mol. The normalized spacial score (nSPS) is 36.7. The Kier molecular flexibility index (Phi) is 5.92. The Morgan fingerprint density at radius 2 is 1.64 bits per heavy atom. The van der Waals surface area contributed by atoms with Gasteiger partial charge in [-0.3, -0.25) is 9.80 Å². The van der Waals surface area contributed by atoms with E-state index in [-0.39, 0.29) is 5.60 Å². The van der Waals surface area contributed by atoms with Crippen LogP contribution in [0.1, 0.15) is 60.3 Å². The highest BCUT2D eigenvalue weighted by atomic mass is 16.5. The summed E-state index contributed by atoms with van der Waals surface area (Å²) in [7, 11) is 0. The molecule has 3 atom stereocenters. The van der Waals surface area contributed by atoms with Crippen molar-refractivity contribution < 1.29 is 9.84 Å². The average Bonchev–Trinajstić information content (AvgIpc) is 2.44. The second kappa shape index (κ2) is 7.16. The average molecular weight is 312 g/mol. The van der Waals surface area contributed by atoms with Crippen molar-refractivity contribution in [2.75, 3.05) is 32.8 Å². The van der Waals surface area contributed by atoms with Gasteiger partial charge in [-0.25, -0.2) is 0 Å². The Morgan fingerprint density at radius 1 is 1.00 bits per heavy atom. The minimum absolute atomic E-state index is 0.0188. The molecule has 4 nitrogen and oxygen atoms in total. The van der Waals surface area contributed by atoms with Crippen LogP contribution in [0.5, 0.6) is 0 Å². The molecule has 0 spiro atoms.